The summed E-state index contributed by atoms with van der Waals surface area (Å²) in [5.41, 5.74) is 21.3. The second kappa shape index (κ2) is 13.8. The van der Waals surface area contributed by atoms with E-state index in [9.17, 15) is 0 Å². The molecule has 62 heavy (non-hydrogen) atoms. The molecular weight excluding hydrogens is 767 g/mol. The van der Waals surface area contributed by atoms with Crippen LogP contribution in [-0.2, 0) is 10.8 Å². The number of thiophene rings is 1. The number of rotatable bonds is 6. The lowest BCUT2D eigenvalue weighted by atomic mass is 9.82. The minimum Gasteiger partial charge on any atom is -0.309 e. The molecule has 0 aliphatic heterocycles. The Morgan fingerprint density at radius 3 is 1.71 bits per heavy atom. The minimum absolute atomic E-state index is 0.0395. The molecule has 0 radical (unpaired) electrons. The molecule has 9 aromatic carbocycles. The smallest absolute Gasteiger partial charge is 0.0540 e. The van der Waals surface area contributed by atoms with Gasteiger partial charge in [0, 0.05) is 47.8 Å². The fraction of sp³-hybridized carbons (Fsp3) is 0.100. The van der Waals surface area contributed by atoms with Crippen molar-refractivity contribution >= 4 is 48.6 Å². The van der Waals surface area contributed by atoms with Gasteiger partial charge in [-0.25, -0.2) is 0 Å². The van der Waals surface area contributed by atoms with Crippen molar-refractivity contribution in [2.45, 2.75) is 38.5 Å². The zero-order chi connectivity index (χ0) is 41.7. The molecular formula is C60H45NS. The standard InChI is InChI=1S/C60H45NS/c1-59(2)50-25-10-5-20-43(50)48-36-39(31-33-52(48)59)38-17-15-18-41(35-38)61(54-28-12-7-19-42(54)40-32-34-57-49(37-40)45-22-9-14-30-56(45)62-57)55-29-13-8-21-44(55)46-24-16-27-53-58(46)47-23-6-11-26-51(47)60(53,3)4/h5-37H,1-4H3. The predicted molar refractivity (Wildman–Crippen MR) is 265 cm³/mol. The number of para-hydroxylation sites is 2. The normalized spacial score (nSPS) is 14.1. The van der Waals surface area contributed by atoms with Crippen LogP contribution in [-0.4, -0.2) is 0 Å². The number of anilines is 3. The van der Waals surface area contributed by atoms with Crippen LogP contribution in [0.1, 0.15) is 49.9 Å². The average Bonchev–Trinajstić information content (AvgIpc) is 3.89. The van der Waals surface area contributed by atoms with Crippen molar-refractivity contribution < 1.29 is 0 Å². The molecule has 1 aromatic heterocycles. The molecule has 0 atom stereocenters. The van der Waals surface area contributed by atoms with Crippen molar-refractivity contribution in [2.75, 3.05) is 4.90 Å². The first-order valence-corrected chi connectivity index (χ1v) is 22.6. The maximum atomic E-state index is 2.52. The maximum absolute atomic E-state index is 2.52. The van der Waals surface area contributed by atoms with Gasteiger partial charge >= 0.3 is 0 Å². The van der Waals surface area contributed by atoms with Gasteiger partial charge in [-0.15, -0.1) is 11.3 Å². The second-order valence-corrected chi connectivity index (χ2v) is 19.1. The summed E-state index contributed by atoms with van der Waals surface area (Å²) >= 11 is 1.87. The van der Waals surface area contributed by atoms with E-state index in [1.807, 2.05) is 11.3 Å². The van der Waals surface area contributed by atoms with Crippen LogP contribution in [0.5, 0.6) is 0 Å². The molecule has 2 heteroatoms. The van der Waals surface area contributed by atoms with Crippen LogP contribution in [0.15, 0.2) is 200 Å². The third kappa shape index (κ3) is 5.46. The summed E-state index contributed by atoms with van der Waals surface area (Å²) < 4.78 is 2.63. The van der Waals surface area contributed by atoms with E-state index < -0.39 is 0 Å². The van der Waals surface area contributed by atoms with Crippen molar-refractivity contribution in [3.8, 4) is 55.6 Å². The molecule has 2 aliphatic carbocycles. The highest BCUT2D eigenvalue weighted by Gasteiger charge is 2.38. The van der Waals surface area contributed by atoms with E-state index in [4.69, 9.17) is 0 Å². The Kier molecular flexibility index (Phi) is 8.17. The first-order chi connectivity index (χ1) is 30.3. The number of fused-ring (bicyclic) bond motifs is 9. The second-order valence-electron chi connectivity index (χ2n) is 18.1. The topological polar surface area (TPSA) is 3.24 Å². The van der Waals surface area contributed by atoms with E-state index in [-0.39, 0.29) is 10.8 Å². The third-order valence-electron chi connectivity index (χ3n) is 13.9. The Bertz CT molecular complexity index is 3430. The van der Waals surface area contributed by atoms with Gasteiger partial charge in [-0.2, -0.15) is 0 Å². The molecule has 0 fully saturated rings. The molecule has 0 amide bonds. The van der Waals surface area contributed by atoms with Crippen LogP contribution in [0.25, 0.3) is 75.8 Å². The first-order valence-electron chi connectivity index (χ1n) is 21.8. The van der Waals surface area contributed by atoms with E-state index in [2.05, 4.69) is 233 Å². The monoisotopic (exact) mass is 811 g/mol. The summed E-state index contributed by atoms with van der Waals surface area (Å²) in [6.45, 7) is 9.44. The van der Waals surface area contributed by atoms with Crippen molar-refractivity contribution in [3.05, 3.63) is 222 Å². The number of benzene rings is 9. The van der Waals surface area contributed by atoms with Crippen molar-refractivity contribution in [1.82, 2.24) is 0 Å². The van der Waals surface area contributed by atoms with Crippen LogP contribution >= 0.6 is 11.3 Å². The van der Waals surface area contributed by atoms with Crippen LogP contribution in [0.4, 0.5) is 17.1 Å². The highest BCUT2D eigenvalue weighted by molar-refractivity contribution is 7.25. The molecule has 0 unspecified atom stereocenters. The molecule has 10 aromatic rings. The fourth-order valence-electron chi connectivity index (χ4n) is 10.8. The number of nitrogens with zero attached hydrogens (tertiary/aromatic N) is 1. The van der Waals surface area contributed by atoms with Crippen molar-refractivity contribution in [3.63, 3.8) is 0 Å². The van der Waals surface area contributed by atoms with Gasteiger partial charge in [0.2, 0.25) is 0 Å². The average molecular weight is 812 g/mol. The lowest BCUT2D eigenvalue weighted by molar-refractivity contribution is 0.660. The molecule has 12 rings (SSSR count). The van der Waals surface area contributed by atoms with E-state index in [1.165, 1.54) is 98.1 Å². The lowest BCUT2D eigenvalue weighted by Crippen LogP contribution is -2.15. The summed E-state index contributed by atoms with van der Waals surface area (Å²) in [5.74, 6) is 0. The van der Waals surface area contributed by atoms with Gasteiger partial charge in [0.05, 0.1) is 11.4 Å². The molecule has 0 spiro atoms. The van der Waals surface area contributed by atoms with Gasteiger partial charge in [0.25, 0.3) is 0 Å². The van der Waals surface area contributed by atoms with Gasteiger partial charge < -0.3 is 4.90 Å². The molecule has 2 aliphatic rings. The number of hydrogen-bond donors (Lipinski definition) is 0. The Balaban J connectivity index is 1.08. The van der Waals surface area contributed by atoms with Gasteiger partial charge in [0.15, 0.2) is 0 Å². The molecule has 0 N–H and O–H groups in total. The van der Waals surface area contributed by atoms with Gasteiger partial charge in [-0.1, -0.05) is 179 Å². The third-order valence-corrected chi connectivity index (χ3v) is 15.0. The Hall–Kier alpha value is -7.00. The maximum Gasteiger partial charge on any atom is 0.0540 e. The zero-order valence-electron chi connectivity index (χ0n) is 35.4. The zero-order valence-corrected chi connectivity index (χ0v) is 36.2. The van der Waals surface area contributed by atoms with Crippen molar-refractivity contribution in [1.29, 1.82) is 0 Å². The SMILES string of the molecule is CC1(C)c2ccccc2-c2cc(-c3cccc(N(c4ccccc4-c4ccc5sc6ccccc6c5c4)c4ccccc4-c4cccc5c4-c4ccccc4C5(C)C)c3)ccc21. The van der Waals surface area contributed by atoms with E-state index in [1.54, 1.807) is 0 Å². The van der Waals surface area contributed by atoms with E-state index in [0.29, 0.717) is 0 Å². The van der Waals surface area contributed by atoms with Gasteiger partial charge in [-0.05, 0) is 115 Å². The Morgan fingerprint density at radius 2 is 0.887 bits per heavy atom. The number of hydrogen-bond acceptors (Lipinski definition) is 2. The minimum atomic E-state index is -0.104. The van der Waals surface area contributed by atoms with Crippen LogP contribution in [0.2, 0.25) is 0 Å². The van der Waals surface area contributed by atoms with Gasteiger partial charge in [0.1, 0.15) is 0 Å². The largest absolute Gasteiger partial charge is 0.309 e. The highest BCUT2D eigenvalue weighted by Crippen LogP contribution is 2.55. The van der Waals surface area contributed by atoms with Crippen LogP contribution in [0, 0.1) is 0 Å². The summed E-state index contributed by atoms with van der Waals surface area (Å²) in [5, 5.41) is 2.61. The summed E-state index contributed by atoms with van der Waals surface area (Å²) in [6.07, 6.45) is 0. The molecule has 0 saturated carbocycles. The molecule has 1 nitrogen and oxygen atoms in total. The molecule has 0 saturated heterocycles. The van der Waals surface area contributed by atoms with Crippen LogP contribution in [0.3, 0.4) is 0 Å². The fourth-order valence-corrected chi connectivity index (χ4v) is 11.9. The summed E-state index contributed by atoms with van der Waals surface area (Å²) in [7, 11) is 0. The molecule has 296 valence electrons. The van der Waals surface area contributed by atoms with E-state index in [0.717, 1.165) is 17.1 Å². The molecule has 0 bridgehead atoms. The van der Waals surface area contributed by atoms with Gasteiger partial charge in [-0.3, -0.25) is 0 Å². The predicted octanol–water partition coefficient (Wildman–Crippen LogP) is 17.1. The summed E-state index contributed by atoms with van der Waals surface area (Å²) in [4.78, 5) is 2.52. The lowest BCUT2D eigenvalue weighted by Gasteiger charge is -2.31. The first kappa shape index (κ1) is 36.8. The van der Waals surface area contributed by atoms with E-state index >= 15 is 0 Å². The van der Waals surface area contributed by atoms with Crippen LogP contribution < -0.4 is 4.90 Å². The summed E-state index contributed by atoms with van der Waals surface area (Å²) in [6, 6.07) is 74.9. The Labute approximate surface area is 368 Å². The quantitative estimate of drug-likeness (QED) is 0.162. The molecule has 1 heterocycles. The Morgan fingerprint density at radius 1 is 0.339 bits per heavy atom. The highest BCUT2D eigenvalue weighted by atomic mass is 32.1. The van der Waals surface area contributed by atoms with Crippen molar-refractivity contribution in [2.24, 2.45) is 0 Å².